The van der Waals surface area contributed by atoms with Crippen LogP contribution in [0.4, 0.5) is 0 Å². The molecule has 0 bridgehead atoms. The number of aryl methyl sites for hydroxylation is 2. The molecule has 3 heteroatoms. The Kier molecular flexibility index (Phi) is 4.19. The van der Waals surface area contributed by atoms with Crippen molar-refractivity contribution in [3.05, 3.63) is 51.5 Å². The largest absolute Gasteiger partial charge is 0.261 e. The van der Waals surface area contributed by atoms with E-state index in [1.54, 1.807) is 11.3 Å². The summed E-state index contributed by atoms with van der Waals surface area (Å²) in [7, 11) is 0. The quantitative estimate of drug-likeness (QED) is 0.740. The third kappa shape index (κ3) is 3.08. The molecule has 2 rings (SSSR count). The molecule has 0 aliphatic heterocycles. The van der Waals surface area contributed by atoms with E-state index in [4.69, 9.17) is 11.6 Å². The lowest BCUT2D eigenvalue weighted by Crippen LogP contribution is -1.98. The minimum atomic E-state index is 0.0418. The van der Waals surface area contributed by atoms with Crippen LogP contribution in [0, 0.1) is 6.92 Å². The fourth-order valence-electron chi connectivity index (χ4n) is 1.81. The van der Waals surface area contributed by atoms with Crippen LogP contribution in [0.3, 0.4) is 0 Å². The van der Waals surface area contributed by atoms with Gasteiger partial charge >= 0.3 is 0 Å². The lowest BCUT2D eigenvalue weighted by molar-refractivity contribution is 0.880. The van der Waals surface area contributed by atoms with E-state index in [1.165, 1.54) is 16.0 Å². The number of hydrogen-bond donors (Lipinski definition) is 0. The first-order valence-corrected chi connectivity index (χ1v) is 7.14. The van der Waals surface area contributed by atoms with Gasteiger partial charge < -0.3 is 0 Å². The molecule has 0 saturated heterocycles. The fourth-order valence-corrected chi connectivity index (χ4v) is 3.24. The second kappa shape index (κ2) is 5.65. The average molecular weight is 266 g/mol. The van der Waals surface area contributed by atoms with Crippen molar-refractivity contribution >= 4 is 22.9 Å². The molecule has 2 heterocycles. The van der Waals surface area contributed by atoms with Crippen molar-refractivity contribution in [3.63, 3.8) is 0 Å². The fraction of sp³-hybridized carbons (Fsp3) is 0.357. The van der Waals surface area contributed by atoms with E-state index in [1.807, 2.05) is 13.1 Å². The van der Waals surface area contributed by atoms with Crippen LogP contribution < -0.4 is 0 Å². The lowest BCUT2D eigenvalue weighted by atomic mass is 10.1. The third-order valence-electron chi connectivity index (χ3n) is 2.81. The molecule has 0 saturated carbocycles. The molecule has 0 aliphatic carbocycles. The van der Waals surface area contributed by atoms with Gasteiger partial charge in [-0.2, -0.15) is 0 Å². The highest BCUT2D eigenvalue weighted by molar-refractivity contribution is 7.10. The van der Waals surface area contributed by atoms with Gasteiger partial charge in [-0.25, -0.2) is 0 Å². The van der Waals surface area contributed by atoms with Crippen molar-refractivity contribution in [1.82, 2.24) is 4.98 Å². The Morgan fingerprint density at radius 3 is 2.82 bits per heavy atom. The van der Waals surface area contributed by atoms with Gasteiger partial charge in [0.1, 0.15) is 0 Å². The summed E-state index contributed by atoms with van der Waals surface area (Å²) in [5, 5.41) is 2.16. The van der Waals surface area contributed by atoms with Gasteiger partial charge in [0, 0.05) is 23.2 Å². The maximum Gasteiger partial charge on any atom is 0.0736 e. The Bertz CT molecular complexity index is 475. The van der Waals surface area contributed by atoms with Gasteiger partial charge in [-0.15, -0.1) is 22.9 Å². The summed E-state index contributed by atoms with van der Waals surface area (Å²) in [4.78, 5) is 5.69. The summed E-state index contributed by atoms with van der Waals surface area (Å²) in [6, 6.07) is 6.31. The number of hydrogen-bond acceptors (Lipinski definition) is 2. The molecule has 0 amide bonds. The molecule has 0 radical (unpaired) electrons. The Morgan fingerprint density at radius 1 is 1.35 bits per heavy atom. The molecule has 0 spiro atoms. The summed E-state index contributed by atoms with van der Waals surface area (Å²) in [6.07, 6.45) is 3.74. The minimum Gasteiger partial charge on any atom is -0.261 e. The minimum absolute atomic E-state index is 0.0418. The summed E-state index contributed by atoms with van der Waals surface area (Å²) in [5.74, 6) is 0. The zero-order valence-corrected chi connectivity index (χ0v) is 11.7. The number of alkyl halides is 1. The molecule has 2 aromatic heterocycles. The van der Waals surface area contributed by atoms with E-state index < -0.39 is 0 Å². The number of thiophene rings is 1. The Balaban J connectivity index is 2.11. The van der Waals surface area contributed by atoms with Gasteiger partial charge in [0.2, 0.25) is 0 Å². The molecule has 17 heavy (non-hydrogen) atoms. The van der Waals surface area contributed by atoms with Crippen LogP contribution in [-0.4, -0.2) is 4.98 Å². The maximum absolute atomic E-state index is 6.48. The topological polar surface area (TPSA) is 12.9 Å². The van der Waals surface area contributed by atoms with E-state index in [0.717, 1.165) is 18.5 Å². The Labute approximate surface area is 111 Å². The van der Waals surface area contributed by atoms with Crippen LogP contribution in [0.2, 0.25) is 0 Å². The molecule has 1 unspecified atom stereocenters. The highest BCUT2D eigenvalue weighted by Crippen LogP contribution is 2.32. The summed E-state index contributed by atoms with van der Waals surface area (Å²) < 4.78 is 0. The van der Waals surface area contributed by atoms with E-state index in [2.05, 4.69) is 35.5 Å². The standard InChI is InChI=1S/C14H16ClNS/c1-3-11-6-7-17-14(11)13(15)8-12-5-4-10(2)9-16-12/h4-7,9,13H,3,8H2,1-2H3. The Morgan fingerprint density at radius 2 is 2.18 bits per heavy atom. The van der Waals surface area contributed by atoms with Crippen LogP contribution >= 0.6 is 22.9 Å². The molecule has 2 aromatic rings. The molecular formula is C14H16ClNS. The van der Waals surface area contributed by atoms with E-state index in [-0.39, 0.29) is 5.38 Å². The normalized spacial score (nSPS) is 12.6. The molecule has 0 aromatic carbocycles. The maximum atomic E-state index is 6.48. The van der Waals surface area contributed by atoms with Crippen molar-refractivity contribution in [1.29, 1.82) is 0 Å². The van der Waals surface area contributed by atoms with Gasteiger partial charge in [0.15, 0.2) is 0 Å². The molecule has 90 valence electrons. The zero-order valence-electron chi connectivity index (χ0n) is 10.1. The molecule has 1 atom stereocenters. The van der Waals surface area contributed by atoms with E-state index in [9.17, 15) is 0 Å². The van der Waals surface area contributed by atoms with Crippen molar-refractivity contribution in [3.8, 4) is 0 Å². The average Bonchev–Trinajstić information content (AvgIpc) is 2.80. The molecule has 1 nitrogen and oxygen atoms in total. The second-order valence-electron chi connectivity index (χ2n) is 4.16. The summed E-state index contributed by atoms with van der Waals surface area (Å²) in [6.45, 7) is 4.21. The van der Waals surface area contributed by atoms with E-state index >= 15 is 0 Å². The number of nitrogens with zero attached hydrogens (tertiary/aromatic N) is 1. The highest BCUT2D eigenvalue weighted by atomic mass is 35.5. The number of rotatable bonds is 4. The second-order valence-corrected chi connectivity index (χ2v) is 5.64. The molecule has 0 fully saturated rings. The van der Waals surface area contributed by atoms with Crippen LogP contribution in [-0.2, 0) is 12.8 Å². The number of aromatic nitrogens is 1. The monoisotopic (exact) mass is 265 g/mol. The van der Waals surface area contributed by atoms with Crippen LogP contribution in [0.15, 0.2) is 29.8 Å². The zero-order chi connectivity index (χ0) is 12.3. The number of halogens is 1. The van der Waals surface area contributed by atoms with Crippen molar-refractivity contribution in [2.24, 2.45) is 0 Å². The first-order chi connectivity index (χ1) is 8.20. The van der Waals surface area contributed by atoms with Crippen molar-refractivity contribution in [2.45, 2.75) is 32.1 Å². The molecule has 0 aliphatic rings. The predicted molar refractivity (Wildman–Crippen MR) is 75.0 cm³/mol. The van der Waals surface area contributed by atoms with Crippen molar-refractivity contribution < 1.29 is 0 Å². The summed E-state index contributed by atoms with van der Waals surface area (Å²) in [5.41, 5.74) is 3.61. The predicted octanol–water partition coefficient (Wildman–Crippen LogP) is 4.54. The van der Waals surface area contributed by atoms with Gasteiger partial charge in [0.05, 0.1) is 5.38 Å². The first-order valence-electron chi connectivity index (χ1n) is 5.82. The smallest absolute Gasteiger partial charge is 0.0736 e. The Hall–Kier alpha value is -0.860. The summed E-state index contributed by atoms with van der Waals surface area (Å²) >= 11 is 8.22. The van der Waals surface area contributed by atoms with Crippen molar-refractivity contribution in [2.75, 3.05) is 0 Å². The van der Waals surface area contributed by atoms with Gasteiger partial charge in [-0.3, -0.25) is 4.98 Å². The molecular weight excluding hydrogens is 250 g/mol. The highest BCUT2D eigenvalue weighted by Gasteiger charge is 2.14. The van der Waals surface area contributed by atoms with Gasteiger partial charge in [0.25, 0.3) is 0 Å². The van der Waals surface area contributed by atoms with Crippen LogP contribution in [0.1, 0.15) is 34.0 Å². The number of pyridine rings is 1. The third-order valence-corrected chi connectivity index (χ3v) is 4.38. The van der Waals surface area contributed by atoms with Gasteiger partial charge in [-0.05, 0) is 42.0 Å². The molecule has 0 N–H and O–H groups in total. The van der Waals surface area contributed by atoms with Gasteiger partial charge in [-0.1, -0.05) is 13.0 Å². The van der Waals surface area contributed by atoms with Crippen LogP contribution in [0.5, 0.6) is 0 Å². The lowest BCUT2D eigenvalue weighted by Gasteiger charge is -2.09. The van der Waals surface area contributed by atoms with Crippen LogP contribution in [0.25, 0.3) is 0 Å². The van der Waals surface area contributed by atoms with E-state index in [0.29, 0.717) is 0 Å². The first kappa shape index (κ1) is 12.6. The SMILES string of the molecule is CCc1ccsc1C(Cl)Cc1ccc(C)cn1.